The van der Waals surface area contributed by atoms with Crippen molar-refractivity contribution in [1.82, 2.24) is 10.6 Å². The van der Waals surface area contributed by atoms with E-state index in [9.17, 15) is 14.4 Å². The highest BCUT2D eigenvalue weighted by molar-refractivity contribution is 5.84. The molecule has 0 heterocycles. The summed E-state index contributed by atoms with van der Waals surface area (Å²) in [6, 6.07) is -1.42. The first kappa shape index (κ1) is 14.2. The zero-order valence-electron chi connectivity index (χ0n) is 8.73. The van der Waals surface area contributed by atoms with Gasteiger partial charge in [0, 0.05) is 6.54 Å². The van der Waals surface area contributed by atoms with Gasteiger partial charge < -0.3 is 27.2 Å². The van der Waals surface area contributed by atoms with Crippen LogP contribution < -0.4 is 22.1 Å². The lowest BCUT2D eigenvalue weighted by Gasteiger charge is -2.10. The molecule has 0 aliphatic rings. The number of nitrogens with one attached hydrogen (secondary N) is 2. The van der Waals surface area contributed by atoms with Crippen molar-refractivity contribution in [3.05, 3.63) is 0 Å². The van der Waals surface area contributed by atoms with Gasteiger partial charge in [-0.25, -0.2) is 4.79 Å². The van der Waals surface area contributed by atoms with Gasteiger partial charge >= 0.3 is 12.0 Å². The summed E-state index contributed by atoms with van der Waals surface area (Å²) in [5.41, 5.74) is 10.3. The average Bonchev–Trinajstić information content (AvgIpc) is 2.20. The second kappa shape index (κ2) is 7.46. The van der Waals surface area contributed by atoms with Crippen LogP contribution in [0, 0.1) is 0 Å². The Balaban J connectivity index is 3.62. The molecule has 1 atom stereocenters. The summed E-state index contributed by atoms with van der Waals surface area (Å²) < 4.78 is 0. The molecule has 0 aliphatic carbocycles. The molecule has 8 nitrogen and oxygen atoms in total. The van der Waals surface area contributed by atoms with E-state index < -0.39 is 30.5 Å². The molecule has 0 bridgehead atoms. The van der Waals surface area contributed by atoms with Crippen LogP contribution in [0.4, 0.5) is 4.79 Å². The summed E-state index contributed by atoms with van der Waals surface area (Å²) in [6.07, 6.45) is 0.830. The van der Waals surface area contributed by atoms with Crippen molar-refractivity contribution >= 4 is 17.9 Å². The van der Waals surface area contributed by atoms with Gasteiger partial charge in [0.2, 0.25) is 5.91 Å². The highest BCUT2D eigenvalue weighted by Gasteiger charge is 2.13. The normalized spacial score (nSPS) is 11.6. The van der Waals surface area contributed by atoms with Crippen LogP contribution in [0.1, 0.15) is 12.8 Å². The zero-order valence-corrected chi connectivity index (χ0v) is 8.73. The second-order valence-corrected chi connectivity index (χ2v) is 3.15. The quantitative estimate of drug-likeness (QED) is 0.321. The molecule has 0 aromatic rings. The Hall–Kier alpha value is -1.83. The van der Waals surface area contributed by atoms with Crippen molar-refractivity contribution in [3.63, 3.8) is 0 Å². The molecule has 92 valence electrons. The van der Waals surface area contributed by atoms with Crippen LogP contribution in [0.25, 0.3) is 0 Å². The fraction of sp³-hybridized carbons (Fsp3) is 0.625. The zero-order chi connectivity index (χ0) is 12.6. The highest BCUT2D eigenvalue weighted by Crippen LogP contribution is 1.93. The number of rotatable bonds is 7. The van der Waals surface area contributed by atoms with Gasteiger partial charge in [-0.15, -0.1) is 0 Å². The molecule has 8 heteroatoms. The standard InChI is InChI=1S/C8H16N4O4/c9-5(2-1-3-11-8(10)16)7(15)12-4-6(13)14/h5H,1-4,9H2,(H,12,15)(H,13,14)(H3,10,11,16)/t5-/m0/s1. The molecule has 0 rings (SSSR count). The van der Waals surface area contributed by atoms with E-state index in [-0.39, 0.29) is 0 Å². The van der Waals surface area contributed by atoms with E-state index in [1.165, 1.54) is 0 Å². The smallest absolute Gasteiger partial charge is 0.322 e. The molecule has 0 spiro atoms. The van der Waals surface area contributed by atoms with Gasteiger partial charge in [-0.05, 0) is 12.8 Å². The fourth-order valence-corrected chi connectivity index (χ4v) is 0.958. The predicted molar refractivity (Wildman–Crippen MR) is 55.4 cm³/mol. The van der Waals surface area contributed by atoms with E-state index >= 15 is 0 Å². The number of carboxylic acid groups (broad SMARTS) is 1. The lowest BCUT2D eigenvalue weighted by atomic mass is 10.1. The van der Waals surface area contributed by atoms with Crippen LogP contribution in [0.5, 0.6) is 0 Å². The molecular formula is C8H16N4O4. The van der Waals surface area contributed by atoms with E-state index in [4.69, 9.17) is 16.6 Å². The van der Waals surface area contributed by atoms with Crippen LogP contribution in [-0.4, -0.2) is 42.1 Å². The summed E-state index contributed by atoms with van der Waals surface area (Å²) >= 11 is 0. The van der Waals surface area contributed by atoms with Crippen molar-refractivity contribution < 1.29 is 19.5 Å². The van der Waals surface area contributed by atoms with E-state index in [1.54, 1.807) is 0 Å². The molecule has 0 aromatic carbocycles. The summed E-state index contributed by atoms with van der Waals surface area (Å²) in [5.74, 6) is -1.66. The van der Waals surface area contributed by atoms with Crippen molar-refractivity contribution in [2.24, 2.45) is 11.5 Å². The third kappa shape index (κ3) is 7.56. The van der Waals surface area contributed by atoms with E-state index in [1.807, 2.05) is 0 Å². The lowest BCUT2D eigenvalue weighted by Crippen LogP contribution is -2.43. The molecule has 0 saturated heterocycles. The van der Waals surface area contributed by atoms with E-state index in [0.29, 0.717) is 19.4 Å². The first-order valence-electron chi connectivity index (χ1n) is 4.72. The lowest BCUT2D eigenvalue weighted by molar-refractivity contribution is -0.138. The second-order valence-electron chi connectivity index (χ2n) is 3.15. The molecule has 0 aliphatic heterocycles. The molecule has 0 aromatic heterocycles. The van der Waals surface area contributed by atoms with Gasteiger partial charge in [-0.2, -0.15) is 0 Å². The number of aliphatic carboxylic acids is 1. The third-order valence-electron chi connectivity index (χ3n) is 1.74. The Morgan fingerprint density at radius 1 is 1.25 bits per heavy atom. The molecule has 7 N–H and O–H groups in total. The predicted octanol–water partition coefficient (Wildman–Crippen LogP) is -2.04. The SMILES string of the molecule is NC(=O)NCCC[C@H](N)C(=O)NCC(=O)O. The minimum Gasteiger partial charge on any atom is -0.480 e. The maximum Gasteiger partial charge on any atom is 0.322 e. The number of primary amides is 1. The fourth-order valence-electron chi connectivity index (χ4n) is 0.958. The summed E-state index contributed by atoms with van der Waals surface area (Å²) in [6.45, 7) is -0.124. The van der Waals surface area contributed by atoms with E-state index in [0.717, 1.165) is 0 Å². The monoisotopic (exact) mass is 232 g/mol. The molecule has 0 fully saturated rings. The number of hydrogen-bond acceptors (Lipinski definition) is 4. The topological polar surface area (TPSA) is 148 Å². The number of urea groups is 1. The van der Waals surface area contributed by atoms with Gasteiger partial charge in [0.25, 0.3) is 0 Å². The van der Waals surface area contributed by atoms with Crippen molar-refractivity contribution in [1.29, 1.82) is 0 Å². The maximum absolute atomic E-state index is 11.2. The maximum atomic E-state index is 11.2. The summed E-state index contributed by atoms with van der Waals surface area (Å²) in [5, 5.41) is 12.8. The summed E-state index contributed by atoms with van der Waals surface area (Å²) in [4.78, 5) is 31.6. The summed E-state index contributed by atoms with van der Waals surface area (Å²) in [7, 11) is 0. The first-order valence-corrected chi connectivity index (χ1v) is 4.72. The number of carbonyl (C=O) groups excluding carboxylic acids is 2. The van der Waals surface area contributed by atoms with Gasteiger partial charge in [-0.1, -0.05) is 0 Å². The average molecular weight is 232 g/mol. The van der Waals surface area contributed by atoms with Crippen molar-refractivity contribution in [2.75, 3.05) is 13.1 Å². The van der Waals surface area contributed by atoms with Gasteiger partial charge in [0.15, 0.2) is 0 Å². The van der Waals surface area contributed by atoms with Crippen LogP contribution >= 0.6 is 0 Å². The Morgan fingerprint density at radius 2 is 1.88 bits per heavy atom. The first-order chi connectivity index (χ1) is 7.43. The van der Waals surface area contributed by atoms with Crippen LogP contribution in [0.3, 0.4) is 0 Å². The minimum absolute atomic E-state index is 0.329. The molecule has 0 unspecified atom stereocenters. The molecular weight excluding hydrogens is 216 g/mol. The Kier molecular flexibility index (Phi) is 6.61. The highest BCUT2D eigenvalue weighted by atomic mass is 16.4. The van der Waals surface area contributed by atoms with E-state index in [2.05, 4.69) is 10.6 Å². The van der Waals surface area contributed by atoms with Crippen molar-refractivity contribution in [3.8, 4) is 0 Å². The van der Waals surface area contributed by atoms with Crippen LogP contribution in [-0.2, 0) is 9.59 Å². The number of hydrogen-bond donors (Lipinski definition) is 5. The number of amides is 3. The number of carbonyl (C=O) groups is 3. The Morgan fingerprint density at radius 3 is 2.38 bits per heavy atom. The Bertz CT molecular complexity index is 269. The largest absolute Gasteiger partial charge is 0.480 e. The van der Waals surface area contributed by atoms with Gasteiger partial charge in [0.05, 0.1) is 6.04 Å². The number of nitrogens with two attached hydrogens (primary N) is 2. The Labute approximate surface area is 92.4 Å². The third-order valence-corrected chi connectivity index (χ3v) is 1.74. The molecule has 0 radical (unpaired) electrons. The van der Waals surface area contributed by atoms with Crippen LogP contribution in [0.2, 0.25) is 0 Å². The molecule has 0 saturated carbocycles. The minimum atomic E-state index is -1.13. The van der Waals surface area contributed by atoms with Gasteiger partial charge in [-0.3, -0.25) is 9.59 Å². The van der Waals surface area contributed by atoms with Gasteiger partial charge in [0.1, 0.15) is 6.54 Å². The molecule has 16 heavy (non-hydrogen) atoms. The number of carboxylic acids is 1. The van der Waals surface area contributed by atoms with Crippen LogP contribution in [0.15, 0.2) is 0 Å². The van der Waals surface area contributed by atoms with Crippen molar-refractivity contribution in [2.45, 2.75) is 18.9 Å². The molecule has 3 amide bonds.